The maximum Gasteiger partial charge on any atom is 0.417 e. The highest BCUT2D eigenvalue weighted by molar-refractivity contribution is 5.48. The summed E-state index contributed by atoms with van der Waals surface area (Å²) in [7, 11) is 1.35. The van der Waals surface area contributed by atoms with E-state index in [1.165, 1.54) is 33.1 Å². The van der Waals surface area contributed by atoms with Crippen molar-refractivity contribution in [2.75, 3.05) is 7.11 Å². The van der Waals surface area contributed by atoms with Crippen molar-refractivity contribution in [1.82, 2.24) is 0 Å². The second-order valence-corrected chi connectivity index (χ2v) is 8.26. The van der Waals surface area contributed by atoms with E-state index in [1.807, 2.05) is 6.07 Å². The van der Waals surface area contributed by atoms with Gasteiger partial charge in [0.15, 0.2) is 5.60 Å². The number of methoxy groups -OCH3 is 1. The summed E-state index contributed by atoms with van der Waals surface area (Å²) in [5, 5.41) is 20.2. The third kappa shape index (κ3) is 4.59. The third-order valence-electron chi connectivity index (χ3n) is 5.53. The summed E-state index contributed by atoms with van der Waals surface area (Å²) >= 11 is 0. The molecule has 162 valence electrons. The fourth-order valence-electron chi connectivity index (χ4n) is 3.87. The van der Waals surface area contributed by atoms with E-state index >= 15 is 0 Å². The Bertz CT molecular complexity index is 976. The van der Waals surface area contributed by atoms with Crippen LogP contribution in [0.15, 0.2) is 30.3 Å². The minimum Gasteiger partial charge on any atom is -0.496 e. The van der Waals surface area contributed by atoms with Gasteiger partial charge in [-0.05, 0) is 60.6 Å². The Hall–Kier alpha value is -2.59. The van der Waals surface area contributed by atoms with Gasteiger partial charge in [-0.2, -0.15) is 18.4 Å². The highest BCUT2D eigenvalue weighted by Gasteiger charge is 2.56. The monoisotopic (exact) mass is 423 g/mol. The smallest absolute Gasteiger partial charge is 0.417 e. The van der Waals surface area contributed by atoms with Gasteiger partial charge in [0.05, 0.1) is 18.7 Å². The van der Waals surface area contributed by atoms with Gasteiger partial charge in [0.25, 0.3) is 0 Å². The van der Waals surface area contributed by atoms with Crippen LogP contribution in [0.4, 0.5) is 17.6 Å². The molecule has 3 nitrogen and oxygen atoms in total. The number of ether oxygens (including phenoxy) is 1. The highest BCUT2D eigenvalue weighted by atomic mass is 19.4. The number of nitrogens with zero attached hydrogens (tertiary/aromatic N) is 1. The summed E-state index contributed by atoms with van der Waals surface area (Å²) in [5.41, 5.74) is -2.55. The zero-order chi connectivity index (χ0) is 22.9. The number of nitriles is 1. The van der Waals surface area contributed by atoms with Crippen LogP contribution in [-0.2, 0) is 11.8 Å². The van der Waals surface area contributed by atoms with Crippen molar-refractivity contribution in [2.24, 2.45) is 0 Å². The van der Waals surface area contributed by atoms with Gasteiger partial charge in [-0.25, -0.2) is 4.39 Å². The standard InChI is InChI=1S/C23H25F4NO2/c1-14-6-7-16(15(2)18(14)12-28)11-22(29,23(25,26)27)13-21(3,4)19-10-17(24)8-9-20(19)30-5/h6-10,29H,11,13H2,1-5H3. The molecule has 2 rings (SSSR count). The van der Waals surface area contributed by atoms with Gasteiger partial charge in [0.2, 0.25) is 0 Å². The van der Waals surface area contributed by atoms with E-state index in [4.69, 9.17) is 4.74 Å². The average Bonchev–Trinajstić information content (AvgIpc) is 2.63. The van der Waals surface area contributed by atoms with Gasteiger partial charge in [-0.1, -0.05) is 26.0 Å². The zero-order valence-electron chi connectivity index (χ0n) is 17.6. The number of rotatable bonds is 6. The number of aliphatic hydroxyl groups is 1. The van der Waals surface area contributed by atoms with Crippen LogP contribution in [0.25, 0.3) is 0 Å². The Labute approximate surface area is 173 Å². The van der Waals surface area contributed by atoms with E-state index in [2.05, 4.69) is 0 Å². The molecular weight excluding hydrogens is 398 g/mol. The van der Waals surface area contributed by atoms with Gasteiger partial charge in [-0.3, -0.25) is 0 Å². The fourth-order valence-corrected chi connectivity index (χ4v) is 3.87. The Balaban J connectivity index is 2.54. The number of benzene rings is 2. The van der Waals surface area contributed by atoms with Gasteiger partial charge in [0.1, 0.15) is 11.6 Å². The lowest BCUT2D eigenvalue weighted by Crippen LogP contribution is -2.51. The summed E-state index contributed by atoms with van der Waals surface area (Å²) in [6.07, 6.45) is -6.40. The number of hydrogen-bond acceptors (Lipinski definition) is 3. The molecular formula is C23H25F4NO2. The number of halogens is 4. The van der Waals surface area contributed by atoms with Crippen molar-refractivity contribution in [1.29, 1.82) is 5.26 Å². The first kappa shape index (κ1) is 23.7. The molecule has 0 aliphatic carbocycles. The summed E-state index contributed by atoms with van der Waals surface area (Å²) in [5.74, 6) is -0.369. The van der Waals surface area contributed by atoms with Crippen LogP contribution in [0.1, 0.15) is 48.1 Å². The van der Waals surface area contributed by atoms with Crippen LogP contribution < -0.4 is 4.74 Å². The van der Waals surface area contributed by atoms with E-state index in [0.717, 1.165) is 12.1 Å². The molecule has 30 heavy (non-hydrogen) atoms. The first-order valence-corrected chi connectivity index (χ1v) is 9.38. The molecule has 0 aliphatic heterocycles. The molecule has 0 spiro atoms. The van der Waals surface area contributed by atoms with Crippen LogP contribution in [0.2, 0.25) is 0 Å². The minimum absolute atomic E-state index is 0.228. The molecule has 0 bridgehead atoms. The summed E-state index contributed by atoms with van der Waals surface area (Å²) in [6.45, 7) is 6.27. The topological polar surface area (TPSA) is 53.2 Å². The average molecular weight is 423 g/mol. The van der Waals surface area contributed by atoms with E-state index in [1.54, 1.807) is 19.9 Å². The van der Waals surface area contributed by atoms with Crippen LogP contribution >= 0.6 is 0 Å². The molecule has 7 heteroatoms. The van der Waals surface area contributed by atoms with E-state index in [-0.39, 0.29) is 16.9 Å². The predicted molar refractivity (Wildman–Crippen MR) is 106 cm³/mol. The van der Waals surface area contributed by atoms with Gasteiger partial charge in [0, 0.05) is 12.0 Å². The highest BCUT2D eigenvalue weighted by Crippen LogP contribution is 2.45. The van der Waals surface area contributed by atoms with Crippen LogP contribution in [-0.4, -0.2) is 24.0 Å². The van der Waals surface area contributed by atoms with E-state index < -0.39 is 35.9 Å². The molecule has 2 aromatic rings. The molecule has 0 fully saturated rings. The lowest BCUT2D eigenvalue weighted by Gasteiger charge is -2.39. The molecule has 0 aliphatic rings. The summed E-state index contributed by atoms with van der Waals surface area (Å²) in [6, 6.07) is 8.70. The lowest BCUT2D eigenvalue weighted by molar-refractivity contribution is -0.266. The van der Waals surface area contributed by atoms with Crippen LogP contribution in [0.5, 0.6) is 5.75 Å². The minimum atomic E-state index is -4.95. The third-order valence-corrected chi connectivity index (χ3v) is 5.53. The number of hydrogen-bond donors (Lipinski definition) is 1. The molecule has 1 atom stereocenters. The Morgan fingerprint density at radius 2 is 1.73 bits per heavy atom. The van der Waals surface area contributed by atoms with Crippen molar-refractivity contribution >= 4 is 0 Å². The molecule has 0 radical (unpaired) electrons. The fraction of sp³-hybridized carbons (Fsp3) is 0.435. The van der Waals surface area contributed by atoms with Crippen LogP contribution in [0, 0.1) is 31.0 Å². The summed E-state index contributed by atoms with van der Waals surface area (Å²) < 4.78 is 61.2. The summed E-state index contributed by atoms with van der Waals surface area (Å²) in [4.78, 5) is 0. The quantitative estimate of drug-likeness (QED) is 0.622. The van der Waals surface area contributed by atoms with Gasteiger partial charge < -0.3 is 9.84 Å². The number of aryl methyl sites for hydroxylation is 1. The van der Waals surface area contributed by atoms with Crippen molar-refractivity contribution in [3.63, 3.8) is 0 Å². The van der Waals surface area contributed by atoms with Gasteiger partial charge in [-0.15, -0.1) is 0 Å². The SMILES string of the molecule is COc1ccc(F)cc1C(C)(C)CC(O)(Cc1ccc(C)c(C#N)c1C)C(F)(F)F. The number of alkyl halides is 3. The molecule has 0 aromatic heterocycles. The Morgan fingerprint density at radius 3 is 2.27 bits per heavy atom. The molecule has 2 aromatic carbocycles. The normalized spacial score (nSPS) is 14.2. The molecule has 0 saturated heterocycles. The van der Waals surface area contributed by atoms with E-state index in [0.29, 0.717) is 16.7 Å². The maximum absolute atomic E-state index is 14.1. The van der Waals surface area contributed by atoms with Gasteiger partial charge >= 0.3 is 6.18 Å². The van der Waals surface area contributed by atoms with Crippen molar-refractivity contribution in [3.05, 3.63) is 64.0 Å². The van der Waals surface area contributed by atoms with Crippen molar-refractivity contribution < 1.29 is 27.4 Å². The molecule has 1 unspecified atom stereocenters. The first-order chi connectivity index (χ1) is 13.8. The maximum atomic E-state index is 14.1. The van der Waals surface area contributed by atoms with Crippen molar-refractivity contribution in [3.8, 4) is 11.8 Å². The largest absolute Gasteiger partial charge is 0.496 e. The Morgan fingerprint density at radius 1 is 1.10 bits per heavy atom. The lowest BCUT2D eigenvalue weighted by atomic mass is 9.72. The molecule has 0 saturated carbocycles. The molecule has 0 amide bonds. The van der Waals surface area contributed by atoms with E-state index in [9.17, 15) is 27.9 Å². The second kappa shape index (κ2) is 8.27. The molecule has 0 heterocycles. The molecule has 1 N–H and O–H groups in total. The zero-order valence-corrected chi connectivity index (χ0v) is 17.6. The predicted octanol–water partition coefficient (Wildman–Crippen LogP) is 5.53. The Kier molecular flexibility index (Phi) is 6.53. The first-order valence-electron chi connectivity index (χ1n) is 9.38. The second-order valence-electron chi connectivity index (χ2n) is 8.26. The van der Waals surface area contributed by atoms with Crippen LogP contribution in [0.3, 0.4) is 0 Å². The van der Waals surface area contributed by atoms with Crippen molar-refractivity contribution in [2.45, 2.75) is 57.7 Å².